The highest BCUT2D eigenvalue weighted by Gasteiger charge is 2.40. The van der Waals surface area contributed by atoms with Crippen LogP contribution in [0.5, 0.6) is 0 Å². The fourth-order valence-electron chi connectivity index (χ4n) is 3.43. The molecular formula is C14H24N2O. The van der Waals surface area contributed by atoms with E-state index >= 15 is 0 Å². The summed E-state index contributed by atoms with van der Waals surface area (Å²) < 4.78 is 5.76. The second kappa shape index (κ2) is 4.97. The zero-order valence-electron chi connectivity index (χ0n) is 10.8. The van der Waals surface area contributed by atoms with E-state index in [9.17, 15) is 0 Å². The molecule has 4 aliphatic rings. The lowest BCUT2D eigenvalue weighted by molar-refractivity contribution is -0.170. The molecule has 2 saturated carbocycles. The van der Waals surface area contributed by atoms with Crippen LogP contribution in [0.1, 0.15) is 51.4 Å². The van der Waals surface area contributed by atoms with Crippen molar-refractivity contribution in [2.24, 2.45) is 11.0 Å². The van der Waals surface area contributed by atoms with Crippen LogP contribution in [0.25, 0.3) is 0 Å². The van der Waals surface area contributed by atoms with E-state index in [2.05, 4.69) is 23.4 Å². The van der Waals surface area contributed by atoms with Crippen molar-refractivity contribution < 1.29 is 4.74 Å². The highest BCUT2D eigenvalue weighted by Crippen LogP contribution is 2.38. The van der Waals surface area contributed by atoms with E-state index in [0.29, 0.717) is 24.2 Å². The third-order valence-corrected chi connectivity index (χ3v) is 4.71. The van der Waals surface area contributed by atoms with Crippen molar-refractivity contribution in [1.29, 1.82) is 0 Å². The molecule has 4 fully saturated rings. The van der Waals surface area contributed by atoms with Crippen molar-refractivity contribution in [1.82, 2.24) is 5.01 Å². The topological polar surface area (TPSA) is 24.8 Å². The first kappa shape index (κ1) is 11.5. The zero-order chi connectivity index (χ0) is 11.7. The Kier molecular flexibility index (Phi) is 3.37. The molecule has 3 nitrogen and oxygen atoms in total. The van der Waals surface area contributed by atoms with Gasteiger partial charge in [-0.3, -0.25) is 5.01 Å². The van der Waals surface area contributed by atoms with Crippen LogP contribution in [0.3, 0.4) is 0 Å². The van der Waals surface area contributed by atoms with Gasteiger partial charge in [0.1, 0.15) is 0 Å². The Bertz CT molecular complexity index is 277. The minimum absolute atomic E-state index is 0.484. The molecule has 96 valence electrons. The number of rotatable bonds is 3. The van der Waals surface area contributed by atoms with Crippen LogP contribution < -0.4 is 0 Å². The number of fused-ring (bicyclic) bond motifs is 2. The maximum atomic E-state index is 5.76. The predicted molar refractivity (Wildman–Crippen MR) is 69.1 cm³/mol. The van der Waals surface area contributed by atoms with Crippen molar-refractivity contribution in [2.45, 2.75) is 69.6 Å². The molecule has 4 rings (SSSR count). The Morgan fingerprint density at radius 1 is 1.12 bits per heavy atom. The highest BCUT2D eigenvalue weighted by molar-refractivity contribution is 5.61. The molecule has 0 aromatic carbocycles. The van der Waals surface area contributed by atoms with E-state index in [0.717, 1.165) is 0 Å². The average Bonchev–Trinajstić information content (AvgIpc) is 2.36. The maximum absolute atomic E-state index is 5.76. The molecular weight excluding hydrogens is 212 g/mol. The van der Waals surface area contributed by atoms with Gasteiger partial charge in [-0.15, -0.1) is 0 Å². The normalized spacial score (nSPS) is 38.1. The summed E-state index contributed by atoms with van der Waals surface area (Å²) in [5.74, 6) is 0.575. The van der Waals surface area contributed by atoms with Crippen LogP contribution in [0.4, 0.5) is 0 Å². The molecule has 17 heavy (non-hydrogen) atoms. The zero-order valence-corrected chi connectivity index (χ0v) is 10.8. The molecule has 0 spiro atoms. The largest absolute Gasteiger partial charge is 0.374 e. The molecule has 3 heteroatoms. The standard InChI is InChI=1S/C14H24N2O/c1-16(12-5-3-2-4-6-12)15-10-11-7-8-13-9-14(11)17-13/h10-14H,2-9H2,1H3. The van der Waals surface area contributed by atoms with Crippen LogP contribution in [-0.4, -0.2) is 36.5 Å². The number of hydrogen-bond acceptors (Lipinski definition) is 3. The Labute approximate surface area is 104 Å². The molecule has 2 aliphatic carbocycles. The van der Waals surface area contributed by atoms with Crippen molar-refractivity contribution in [3.63, 3.8) is 0 Å². The highest BCUT2D eigenvalue weighted by atomic mass is 16.5. The average molecular weight is 236 g/mol. The molecule has 2 aliphatic heterocycles. The summed E-state index contributed by atoms with van der Waals surface area (Å²) in [6, 6.07) is 0.679. The van der Waals surface area contributed by atoms with Crippen LogP contribution in [0, 0.1) is 5.92 Å². The molecule has 3 unspecified atom stereocenters. The lowest BCUT2D eigenvalue weighted by atomic mass is 9.80. The number of ether oxygens (including phenoxy) is 1. The molecule has 0 amide bonds. The lowest BCUT2D eigenvalue weighted by Gasteiger charge is -2.45. The van der Waals surface area contributed by atoms with Crippen molar-refractivity contribution in [2.75, 3.05) is 7.05 Å². The van der Waals surface area contributed by atoms with Gasteiger partial charge >= 0.3 is 0 Å². The van der Waals surface area contributed by atoms with E-state index in [1.54, 1.807) is 0 Å². The van der Waals surface area contributed by atoms with E-state index in [-0.39, 0.29) is 0 Å². The molecule has 0 radical (unpaired) electrons. The first-order chi connectivity index (χ1) is 8.33. The third-order valence-electron chi connectivity index (χ3n) is 4.71. The van der Waals surface area contributed by atoms with Crippen LogP contribution >= 0.6 is 0 Å². The smallest absolute Gasteiger partial charge is 0.0681 e. The fraction of sp³-hybridized carbons (Fsp3) is 0.929. The van der Waals surface area contributed by atoms with E-state index in [1.807, 2.05) is 0 Å². The first-order valence-electron chi connectivity index (χ1n) is 7.25. The van der Waals surface area contributed by atoms with Gasteiger partial charge in [-0.1, -0.05) is 19.3 Å². The molecule has 2 saturated heterocycles. The summed E-state index contributed by atoms with van der Waals surface area (Å²) in [5.41, 5.74) is 0. The summed E-state index contributed by atoms with van der Waals surface area (Å²) >= 11 is 0. The number of nitrogens with zero attached hydrogens (tertiary/aromatic N) is 2. The number of hydrogen-bond donors (Lipinski definition) is 0. The summed E-state index contributed by atoms with van der Waals surface area (Å²) in [7, 11) is 2.14. The van der Waals surface area contributed by atoms with Crippen LogP contribution in [0.15, 0.2) is 5.10 Å². The van der Waals surface area contributed by atoms with Gasteiger partial charge in [-0.25, -0.2) is 0 Å². The van der Waals surface area contributed by atoms with E-state index < -0.39 is 0 Å². The minimum atomic E-state index is 0.484. The Morgan fingerprint density at radius 2 is 1.88 bits per heavy atom. The number of hydrazone groups is 1. The Hall–Kier alpha value is -0.570. The summed E-state index contributed by atoms with van der Waals surface area (Å²) in [5, 5.41) is 6.87. The quantitative estimate of drug-likeness (QED) is 0.556. The predicted octanol–water partition coefficient (Wildman–Crippen LogP) is 2.80. The van der Waals surface area contributed by atoms with Gasteiger partial charge in [-0.05, 0) is 25.7 Å². The molecule has 0 aromatic heterocycles. The first-order valence-corrected chi connectivity index (χ1v) is 7.25. The molecule has 0 N–H and O–H groups in total. The molecule has 2 heterocycles. The van der Waals surface area contributed by atoms with Gasteiger partial charge in [0.2, 0.25) is 0 Å². The summed E-state index contributed by atoms with van der Waals surface area (Å²) in [4.78, 5) is 0. The van der Waals surface area contributed by atoms with E-state index in [4.69, 9.17) is 4.74 Å². The summed E-state index contributed by atoms with van der Waals surface area (Å²) in [6.45, 7) is 0. The van der Waals surface area contributed by atoms with Crippen molar-refractivity contribution in [3.8, 4) is 0 Å². The van der Waals surface area contributed by atoms with Gasteiger partial charge in [0.25, 0.3) is 0 Å². The van der Waals surface area contributed by atoms with Gasteiger partial charge in [0, 0.05) is 31.6 Å². The lowest BCUT2D eigenvalue weighted by Crippen LogP contribution is -2.48. The Balaban J connectivity index is 1.50. The van der Waals surface area contributed by atoms with Gasteiger partial charge < -0.3 is 4.74 Å². The monoisotopic (exact) mass is 236 g/mol. The third kappa shape index (κ3) is 2.49. The Morgan fingerprint density at radius 3 is 2.53 bits per heavy atom. The SMILES string of the molecule is CN(N=CC1CCC2CC1O2)C1CCCCC1. The second-order valence-corrected chi connectivity index (χ2v) is 5.90. The van der Waals surface area contributed by atoms with Crippen LogP contribution in [-0.2, 0) is 4.74 Å². The fourth-order valence-corrected chi connectivity index (χ4v) is 3.43. The summed E-state index contributed by atoms with van der Waals surface area (Å²) in [6.07, 6.45) is 13.8. The van der Waals surface area contributed by atoms with E-state index in [1.165, 1.54) is 51.4 Å². The maximum Gasteiger partial charge on any atom is 0.0681 e. The van der Waals surface area contributed by atoms with Gasteiger partial charge in [-0.2, -0.15) is 5.10 Å². The van der Waals surface area contributed by atoms with Gasteiger partial charge in [0.05, 0.1) is 12.2 Å². The van der Waals surface area contributed by atoms with Crippen molar-refractivity contribution >= 4 is 6.21 Å². The molecule has 0 aromatic rings. The van der Waals surface area contributed by atoms with Crippen molar-refractivity contribution in [3.05, 3.63) is 0 Å². The van der Waals surface area contributed by atoms with Crippen LogP contribution in [0.2, 0.25) is 0 Å². The molecule has 3 atom stereocenters. The minimum Gasteiger partial charge on any atom is -0.374 e. The van der Waals surface area contributed by atoms with Gasteiger partial charge in [0.15, 0.2) is 0 Å². The second-order valence-electron chi connectivity index (χ2n) is 5.90. The molecule has 2 bridgehead atoms.